The first kappa shape index (κ1) is 13.0. The van der Waals surface area contributed by atoms with Crippen LogP contribution >= 0.6 is 12.2 Å². The molecule has 2 nitrogen and oxygen atoms in total. The fraction of sp³-hybridized carbons (Fsp3) is 0.462. The average Bonchev–Trinajstić information content (AvgIpc) is 2.14. The van der Waals surface area contributed by atoms with E-state index in [1.807, 2.05) is 0 Å². The minimum absolute atomic E-state index is 0.0419. The normalized spacial score (nSPS) is 11.0. The molecule has 0 aliphatic carbocycles. The Hall–Kier alpha value is -1.09. The summed E-state index contributed by atoms with van der Waals surface area (Å²) in [6.45, 7) is 9.01. The van der Waals surface area contributed by atoms with Gasteiger partial charge in [-0.2, -0.15) is 0 Å². The zero-order valence-corrected chi connectivity index (χ0v) is 11.1. The highest BCUT2D eigenvalue weighted by atomic mass is 32.1. The van der Waals surface area contributed by atoms with Crippen molar-refractivity contribution in [1.29, 1.82) is 0 Å². The van der Waals surface area contributed by atoms with Gasteiger partial charge in [0.15, 0.2) is 0 Å². The van der Waals surface area contributed by atoms with Crippen molar-refractivity contribution in [3.8, 4) is 0 Å². The molecular weight excluding hydrogens is 218 g/mol. The lowest BCUT2D eigenvalue weighted by atomic mass is 10.0. The number of thiocarbonyl (C=S) groups is 1. The fourth-order valence-electron chi connectivity index (χ4n) is 1.46. The third kappa shape index (κ3) is 4.19. The number of nitrogens with one attached hydrogen (secondary N) is 1. The van der Waals surface area contributed by atoms with Crippen molar-refractivity contribution < 1.29 is 4.74 Å². The molecule has 1 N–H and O–H groups in total. The van der Waals surface area contributed by atoms with Crippen LogP contribution in [0.4, 0.5) is 5.69 Å². The van der Waals surface area contributed by atoms with E-state index in [9.17, 15) is 0 Å². The van der Waals surface area contributed by atoms with Crippen LogP contribution in [0, 0.1) is 6.92 Å². The lowest BCUT2D eigenvalue weighted by Crippen LogP contribution is -2.26. The number of aryl methyl sites for hydroxylation is 1. The van der Waals surface area contributed by atoms with Crippen molar-refractivity contribution in [3.63, 3.8) is 0 Å². The van der Waals surface area contributed by atoms with Crippen molar-refractivity contribution in [2.45, 2.75) is 39.8 Å². The van der Waals surface area contributed by atoms with E-state index in [4.69, 9.17) is 4.74 Å². The third-order valence-electron chi connectivity index (χ3n) is 2.08. The molecule has 0 atom stereocenters. The first-order valence-electron chi connectivity index (χ1n) is 5.35. The molecule has 16 heavy (non-hydrogen) atoms. The molecule has 0 fully saturated rings. The van der Waals surface area contributed by atoms with Gasteiger partial charge in [-0.25, -0.2) is 0 Å². The smallest absolute Gasteiger partial charge is 0.146 e. The number of anilines is 1. The van der Waals surface area contributed by atoms with E-state index in [2.05, 4.69) is 63.4 Å². The molecule has 3 heteroatoms. The summed E-state index contributed by atoms with van der Waals surface area (Å²) in [5.74, 6) is 0. The van der Waals surface area contributed by atoms with Gasteiger partial charge in [0.05, 0.1) is 0 Å². The highest BCUT2D eigenvalue weighted by molar-refractivity contribution is 7.78. The second-order valence-electron chi connectivity index (χ2n) is 4.94. The molecule has 1 rings (SSSR count). The van der Waals surface area contributed by atoms with Crippen LogP contribution in [-0.4, -0.2) is 11.1 Å². The molecule has 0 saturated carbocycles. The summed E-state index contributed by atoms with van der Waals surface area (Å²) in [5, 5.41) is 3.47. The van der Waals surface area contributed by atoms with E-state index < -0.39 is 0 Å². The predicted octanol–water partition coefficient (Wildman–Crippen LogP) is 3.68. The molecule has 0 heterocycles. The number of hydrogen-bond donors (Lipinski definition) is 1. The lowest BCUT2D eigenvalue weighted by molar-refractivity contribution is 0.315. The number of benzene rings is 1. The maximum Gasteiger partial charge on any atom is 0.146 e. The standard InChI is InChI=1S/C13H19NOS/c1-10-5-6-11(8-15-9-16)12(7-10)14-13(2,3)4/h5-7,9,14H,8H2,1-4H3. The van der Waals surface area contributed by atoms with Crippen molar-refractivity contribution >= 4 is 23.5 Å². The van der Waals surface area contributed by atoms with E-state index >= 15 is 0 Å². The van der Waals surface area contributed by atoms with E-state index in [0.29, 0.717) is 6.61 Å². The third-order valence-corrected chi connectivity index (χ3v) is 2.22. The van der Waals surface area contributed by atoms with Gasteiger partial charge in [0.2, 0.25) is 0 Å². The van der Waals surface area contributed by atoms with E-state index in [-0.39, 0.29) is 5.54 Å². The van der Waals surface area contributed by atoms with Crippen LogP contribution in [0.1, 0.15) is 31.9 Å². The summed E-state index contributed by atoms with van der Waals surface area (Å²) in [5.41, 5.74) is 4.82. The van der Waals surface area contributed by atoms with Gasteiger partial charge in [0.25, 0.3) is 0 Å². The van der Waals surface area contributed by atoms with Crippen molar-refractivity contribution in [3.05, 3.63) is 29.3 Å². The Kier molecular flexibility index (Phi) is 4.30. The average molecular weight is 237 g/mol. The summed E-state index contributed by atoms with van der Waals surface area (Å²) >= 11 is 4.66. The van der Waals surface area contributed by atoms with Crippen LogP contribution in [0.25, 0.3) is 0 Å². The highest BCUT2D eigenvalue weighted by Gasteiger charge is 2.12. The molecular formula is C13H19NOS. The summed E-state index contributed by atoms with van der Waals surface area (Å²) in [6, 6.07) is 6.28. The van der Waals surface area contributed by atoms with E-state index in [0.717, 1.165) is 11.3 Å². The number of rotatable bonds is 4. The molecule has 0 amide bonds. The Morgan fingerprint density at radius 3 is 2.62 bits per heavy atom. The maximum absolute atomic E-state index is 5.16. The molecule has 88 valence electrons. The van der Waals surface area contributed by atoms with Crippen LogP contribution in [-0.2, 0) is 11.3 Å². The van der Waals surface area contributed by atoms with Crippen molar-refractivity contribution in [2.24, 2.45) is 0 Å². The Morgan fingerprint density at radius 1 is 1.38 bits per heavy atom. The van der Waals surface area contributed by atoms with E-state index in [1.165, 1.54) is 11.1 Å². The second-order valence-corrected chi connectivity index (χ2v) is 5.14. The van der Waals surface area contributed by atoms with Gasteiger partial charge < -0.3 is 10.1 Å². The van der Waals surface area contributed by atoms with Gasteiger partial charge in [0.1, 0.15) is 12.2 Å². The Morgan fingerprint density at radius 2 is 2.06 bits per heavy atom. The first-order valence-corrected chi connectivity index (χ1v) is 5.82. The monoisotopic (exact) mass is 237 g/mol. The van der Waals surface area contributed by atoms with Crippen LogP contribution in [0.5, 0.6) is 0 Å². The quantitative estimate of drug-likeness (QED) is 0.807. The largest absolute Gasteiger partial charge is 0.485 e. The van der Waals surface area contributed by atoms with E-state index in [1.54, 1.807) is 0 Å². The maximum atomic E-state index is 5.16. The minimum Gasteiger partial charge on any atom is -0.485 e. The molecule has 0 radical (unpaired) electrons. The van der Waals surface area contributed by atoms with Gasteiger partial charge in [-0.1, -0.05) is 12.1 Å². The molecule has 0 aliphatic heterocycles. The summed E-state index contributed by atoms with van der Waals surface area (Å²) in [6.07, 6.45) is 0. The molecule has 0 bridgehead atoms. The van der Waals surface area contributed by atoms with Crippen LogP contribution in [0.2, 0.25) is 0 Å². The number of hydrogen-bond acceptors (Lipinski definition) is 3. The van der Waals surface area contributed by atoms with Crippen LogP contribution < -0.4 is 5.32 Å². The molecule has 1 aromatic carbocycles. The molecule has 0 aromatic heterocycles. The summed E-state index contributed by atoms with van der Waals surface area (Å²) < 4.78 is 5.16. The Bertz CT molecular complexity index is 369. The molecule has 0 spiro atoms. The van der Waals surface area contributed by atoms with Gasteiger partial charge in [0, 0.05) is 16.8 Å². The zero-order valence-electron chi connectivity index (χ0n) is 10.3. The van der Waals surface area contributed by atoms with Crippen LogP contribution in [0.15, 0.2) is 18.2 Å². The molecule has 0 saturated heterocycles. The zero-order chi connectivity index (χ0) is 12.2. The van der Waals surface area contributed by atoms with Gasteiger partial charge >= 0.3 is 0 Å². The molecule has 1 aromatic rings. The number of ether oxygens (including phenoxy) is 1. The highest BCUT2D eigenvalue weighted by Crippen LogP contribution is 2.22. The topological polar surface area (TPSA) is 21.3 Å². The van der Waals surface area contributed by atoms with Gasteiger partial charge in [-0.05, 0) is 51.5 Å². The van der Waals surface area contributed by atoms with Crippen LogP contribution in [0.3, 0.4) is 0 Å². The molecule has 0 unspecified atom stereocenters. The fourth-order valence-corrected chi connectivity index (χ4v) is 1.53. The first-order chi connectivity index (χ1) is 7.42. The predicted molar refractivity (Wildman–Crippen MR) is 73.0 cm³/mol. The lowest BCUT2D eigenvalue weighted by Gasteiger charge is -2.24. The summed E-state index contributed by atoms with van der Waals surface area (Å²) in [4.78, 5) is 0. The Labute approximate surface area is 103 Å². The molecule has 0 aliphatic rings. The minimum atomic E-state index is 0.0419. The van der Waals surface area contributed by atoms with Crippen molar-refractivity contribution in [2.75, 3.05) is 5.32 Å². The van der Waals surface area contributed by atoms with Crippen molar-refractivity contribution in [1.82, 2.24) is 0 Å². The SMILES string of the molecule is Cc1ccc(COC=S)c(NC(C)(C)C)c1. The Balaban J connectivity index is 2.93. The summed E-state index contributed by atoms with van der Waals surface area (Å²) in [7, 11) is 0. The second kappa shape index (κ2) is 5.30. The van der Waals surface area contributed by atoms with Gasteiger partial charge in [-0.15, -0.1) is 0 Å². The van der Waals surface area contributed by atoms with Gasteiger partial charge in [-0.3, -0.25) is 0 Å².